The average molecular weight is 590 g/mol. The van der Waals surface area contributed by atoms with E-state index < -0.39 is 0 Å². The van der Waals surface area contributed by atoms with Crippen molar-refractivity contribution in [1.82, 2.24) is 15.6 Å². The average Bonchev–Trinajstić information content (AvgIpc) is 2.76. The molecule has 0 spiro atoms. The van der Waals surface area contributed by atoms with Crippen molar-refractivity contribution in [2.75, 3.05) is 11.0 Å². The number of hydrogen-bond acceptors (Lipinski definition) is 5. The quantitative estimate of drug-likeness (QED) is 0.0595. The van der Waals surface area contributed by atoms with Gasteiger partial charge in [-0.05, 0) is 20.8 Å². The first-order valence-corrected chi connectivity index (χ1v) is 14.6. The summed E-state index contributed by atoms with van der Waals surface area (Å²) < 4.78 is 7.18. The molecule has 0 aromatic carbocycles. The van der Waals surface area contributed by atoms with Gasteiger partial charge in [-0.2, -0.15) is 0 Å². The molecule has 0 saturated carbocycles. The summed E-state index contributed by atoms with van der Waals surface area (Å²) in [5.41, 5.74) is 1.75. The number of ether oxygens (including phenoxy) is 1. The van der Waals surface area contributed by atoms with Crippen LogP contribution in [0.5, 0.6) is 0 Å². The second-order valence-corrected chi connectivity index (χ2v) is 12.7. The molecule has 2 amide bonds. The van der Waals surface area contributed by atoms with E-state index in [-0.39, 0.29) is 42.6 Å². The molecule has 7 nitrogen and oxygen atoms in total. The van der Waals surface area contributed by atoms with Crippen LogP contribution in [0.15, 0.2) is 41.5 Å². The van der Waals surface area contributed by atoms with Crippen molar-refractivity contribution in [1.29, 1.82) is 0 Å². The predicted molar refractivity (Wildman–Crippen MR) is 138 cm³/mol. The van der Waals surface area contributed by atoms with Gasteiger partial charge in [0.1, 0.15) is 0 Å². The Kier molecular flexibility index (Phi) is 15.1. The molecule has 1 fully saturated rings. The molecule has 1 rings (SSSR count). The van der Waals surface area contributed by atoms with E-state index in [9.17, 15) is 9.59 Å². The van der Waals surface area contributed by atoms with Gasteiger partial charge in [0.05, 0.1) is 0 Å². The summed E-state index contributed by atoms with van der Waals surface area (Å²) in [6, 6.07) is 0. The summed E-state index contributed by atoms with van der Waals surface area (Å²) >= 11 is -0.124. The van der Waals surface area contributed by atoms with Gasteiger partial charge in [0.15, 0.2) is 0 Å². The first-order valence-electron chi connectivity index (χ1n) is 11.9. The summed E-state index contributed by atoms with van der Waals surface area (Å²) in [6.07, 6.45) is 4.12. The molecule has 1 heterocycles. The molecule has 1 saturated heterocycles. The molecular formula is C26H46IN4O3-. The van der Waals surface area contributed by atoms with Crippen LogP contribution >= 0.6 is 0 Å². The molecule has 8 heteroatoms. The van der Waals surface area contributed by atoms with Gasteiger partial charge in [0.25, 0.3) is 0 Å². The van der Waals surface area contributed by atoms with Crippen LogP contribution in [0.2, 0.25) is 0 Å². The van der Waals surface area contributed by atoms with E-state index in [1.807, 2.05) is 27.7 Å². The number of carbonyl (C=O) groups is 2. The van der Waals surface area contributed by atoms with Crippen molar-refractivity contribution in [3.63, 3.8) is 0 Å². The maximum Gasteiger partial charge on any atom is 0.220 e. The van der Waals surface area contributed by atoms with Crippen molar-refractivity contribution < 1.29 is 35.5 Å². The maximum atomic E-state index is 12.8. The van der Waals surface area contributed by atoms with Crippen LogP contribution < -0.4 is 31.8 Å². The van der Waals surface area contributed by atoms with Crippen molar-refractivity contribution in [2.45, 2.75) is 84.2 Å². The van der Waals surface area contributed by atoms with Gasteiger partial charge in [0.2, 0.25) is 5.91 Å². The van der Waals surface area contributed by atoms with Crippen molar-refractivity contribution >= 4 is 18.5 Å². The Morgan fingerprint density at radius 2 is 1.94 bits per heavy atom. The Bertz CT molecular complexity index is 733. The zero-order valence-electron chi connectivity index (χ0n) is 22.5. The van der Waals surface area contributed by atoms with Crippen LogP contribution in [0.3, 0.4) is 0 Å². The van der Waals surface area contributed by atoms with Crippen molar-refractivity contribution in [2.24, 2.45) is 16.9 Å². The van der Waals surface area contributed by atoms with Crippen LogP contribution in [0.25, 0.3) is 0 Å². The maximum absolute atomic E-state index is 12.8. The molecule has 196 valence electrons. The van der Waals surface area contributed by atoms with Crippen LogP contribution in [0.4, 0.5) is 0 Å². The van der Waals surface area contributed by atoms with E-state index in [0.29, 0.717) is 36.3 Å². The minimum atomic E-state index is -0.124. The minimum absolute atomic E-state index is 0.0763. The fourth-order valence-electron chi connectivity index (χ4n) is 2.99. The Morgan fingerprint density at radius 1 is 1.32 bits per heavy atom. The minimum Gasteiger partial charge on any atom is -0.352 e. The smallest absolute Gasteiger partial charge is 0.220 e. The monoisotopic (exact) mass is 589 g/mol. The zero-order valence-corrected chi connectivity index (χ0v) is 24.6. The Labute approximate surface area is 217 Å². The van der Waals surface area contributed by atoms with Crippen molar-refractivity contribution in [3.8, 4) is 0 Å². The number of amides is 2. The molecule has 0 aliphatic carbocycles. The summed E-state index contributed by atoms with van der Waals surface area (Å²) in [5.74, 6) is 1.22. The third-order valence-electron chi connectivity index (χ3n) is 4.77. The standard InChI is InChI=1S/C19H31IN3O2.C7H15NO/c1-8-16-10-14(5)11-20-17(16)22-18(24)15(6)19(23(9-2)21-7)25-12-13(3)4;1-5-6(9)8-7(2,3)4/h9,13,16-17H,2,5,7-8,10-12H2,1,3-4,6H3,(H,22,24);5H2,1-4H3,(H,8,9)/q-1;/b19-15-;. The number of carbonyl (C=O) groups excluding carboxylic acids is 2. The Hall–Kier alpha value is -1.84. The largest absolute Gasteiger partial charge is 0.352 e. The molecule has 0 aromatic heterocycles. The number of alkyl halides is 2. The molecule has 0 aromatic rings. The van der Waals surface area contributed by atoms with Gasteiger partial charge in [-0.1, -0.05) is 6.92 Å². The van der Waals surface area contributed by atoms with E-state index in [2.05, 4.69) is 56.4 Å². The summed E-state index contributed by atoms with van der Waals surface area (Å²) in [4.78, 5) is 23.5. The van der Waals surface area contributed by atoms with Gasteiger partial charge in [-0.15, -0.1) is 0 Å². The molecule has 2 unspecified atom stereocenters. The molecule has 1 aliphatic rings. The third-order valence-corrected chi connectivity index (χ3v) is 8.57. The van der Waals surface area contributed by atoms with Crippen LogP contribution in [0, 0.1) is 11.8 Å². The summed E-state index contributed by atoms with van der Waals surface area (Å²) in [5, 5.41) is 11.3. The first kappa shape index (κ1) is 32.2. The van der Waals surface area contributed by atoms with E-state index in [4.69, 9.17) is 4.74 Å². The fourth-order valence-corrected chi connectivity index (χ4v) is 6.38. The molecule has 1 aliphatic heterocycles. The molecule has 2 N–H and O–H groups in total. The number of nitrogens with one attached hydrogen (secondary N) is 2. The first-order chi connectivity index (χ1) is 15.8. The number of hydrogen-bond donors (Lipinski definition) is 2. The zero-order chi connectivity index (χ0) is 26.5. The summed E-state index contributed by atoms with van der Waals surface area (Å²) in [7, 11) is 0. The predicted octanol–water partition coefficient (Wildman–Crippen LogP) is 1.78. The molecule has 2 atom stereocenters. The topological polar surface area (TPSA) is 83.0 Å². The molecule has 34 heavy (non-hydrogen) atoms. The molecule has 0 bridgehead atoms. The van der Waals surface area contributed by atoms with Gasteiger partial charge in [-0.3, -0.25) is 4.79 Å². The molecular weight excluding hydrogens is 543 g/mol. The Balaban J connectivity index is 0.00000102. The van der Waals surface area contributed by atoms with Crippen LogP contribution in [-0.2, 0) is 14.3 Å². The number of halogens is 1. The van der Waals surface area contributed by atoms with Crippen LogP contribution in [-0.4, -0.2) is 44.2 Å². The van der Waals surface area contributed by atoms with E-state index in [1.54, 1.807) is 6.92 Å². The van der Waals surface area contributed by atoms with E-state index in [0.717, 1.165) is 17.3 Å². The second-order valence-electron chi connectivity index (χ2n) is 9.74. The SMILES string of the molecule is C=CN(N=C)/C(OCC(C)C)=C(\C)C(=O)NC1[I-]CC(=C)CC1CC.CCC(=O)NC(C)(C)C. The number of allylic oxidation sites excluding steroid dienone is 1. The van der Waals surface area contributed by atoms with Gasteiger partial charge in [0, 0.05) is 12.0 Å². The molecule has 0 radical (unpaired) electrons. The number of hydrazone groups is 1. The van der Waals surface area contributed by atoms with Gasteiger partial charge in [-0.25, -0.2) is 0 Å². The third kappa shape index (κ3) is 12.6. The van der Waals surface area contributed by atoms with Crippen molar-refractivity contribution in [3.05, 3.63) is 36.4 Å². The normalized spacial score (nSPS) is 18.9. The van der Waals surface area contributed by atoms with Crippen LogP contribution in [0.1, 0.15) is 74.7 Å². The number of rotatable bonds is 10. The Morgan fingerprint density at radius 3 is 2.35 bits per heavy atom. The van der Waals surface area contributed by atoms with Gasteiger partial charge >= 0.3 is 163 Å². The summed E-state index contributed by atoms with van der Waals surface area (Å²) in [6.45, 7) is 27.7. The second kappa shape index (κ2) is 15.9. The fraction of sp³-hybridized carbons (Fsp3) is 0.654. The van der Waals surface area contributed by atoms with E-state index >= 15 is 0 Å². The van der Waals surface area contributed by atoms with E-state index in [1.165, 1.54) is 16.8 Å². The number of nitrogens with zero attached hydrogens (tertiary/aromatic N) is 2. The van der Waals surface area contributed by atoms with Gasteiger partial charge < -0.3 is 5.32 Å².